The minimum absolute atomic E-state index is 0.0335. The quantitative estimate of drug-likeness (QED) is 0.795. The highest BCUT2D eigenvalue weighted by molar-refractivity contribution is 6.31. The molecule has 0 spiro atoms. The van der Waals surface area contributed by atoms with Gasteiger partial charge in [0.15, 0.2) is 11.4 Å². The lowest BCUT2D eigenvalue weighted by atomic mass is 10.1. The normalized spacial score (nSPS) is 10.8. The lowest BCUT2D eigenvalue weighted by Crippen LogP contribution is -2.15. The van der Waals surface area contributed by atoms with E-state index in [0.717, 1.165) is 0 Å². The topological polar surface area (TPSA) is 53.4 Å². The van der Waals surface area contributed by atoms with E-state index >= 15 is 0 Å². The van der Waals surface area contributed by atoms with Gasteiger partial charge in [-0.15, -0.1) is 0 Å². The highest BCUT2D eigenvalue weighted by Crippen LogP contribution is 2.29. The number of carbonyl (C=O) groups is 1. The Hall–Kier alpha value is -2.01. The van der Waals surface area contributed by atoms with Gasteiger partial charge in [-0.2, -0.15) is 5.10 Å². The lowest BCUT2D eigenvalue weighted by molar-refractivity contribution is 0.102. The van der Waals surface area contributed by atoms with Crippen LogP contribution in [0.3, 0.4) is 0 Å². The lowest BCUT2D eigenvalue weighted by Gasteiger charge is -2.13. The molecule has 21 heavy (non-hydrogen) atoms. The molecule has 0 fully saturated rings. The van der Waals surface area contributed by atoms with Crippen molar-refractivity contribution in [2.24, 2.45) is 0 Å². The first-order chi connectivity index (χ1) is 9.99. The second-order valence-electron chi connectivity index (χ2n) is 4.77. The second kappa shape index (κ2) is 6.18. The third-order valence-corrected chi connectivity index (χ3v) is 3.33. The molecule has 1 aromatic heterocycles. The van der Waals surface area contributed by atoms with Gasteiger partial charge in [0.25, 0.3) is 0 Å². The summed E-state index contributed by atoms with van der Waals surface area (Å²) in [7, 11) is 3.01. The summed E-state index contributed by atoms with van der Waals surface area (Å²) in [6.45, 7) is 3.89. The van der Waals surface area contributed by atoms with Crippen molar-refractivity contribution >= 4 is 17.4 Å². The molecular formula is C15H17ClN2O3. The minimum Gasteiger partial charge on any atom is -0.496 e. The van der Waals surface area contributed by atoms with Gasteiger partial charge in [0.2, 0.25) is 5.78 Å². The van der Waals surface area contributed by atoms with Gasteiger partial charge in [0.05, 0.1) is 26.0 Å². The number of hydrogen-bond donors (Lipinski definition) is 0. The third kappa shape index (κ3) is 2.88. The Morgan fingerprint density at radius 1 is 1.24 bits per heavy atom. The summed E-state index contributed by atoms with van der Waals surface area (Å²) >= 11 is 5.93. The zero-order valence-electron chi connectivity index (χ0n) is 12.4. The van der Waals surface area contributed by atoms with Gasteiger partial charge >= 0.3 is 0 Å². The highest BCUT2D eigenvalue weighted by atomic mass is 35.5. The Morgan fingerprint density at radius 2 is 1.90 bits per heavy atom. The molecule has 0 aliphatic heterocycles. The molecule has 0 aliphatic carbocycles. The van der Waals surface area contributed by atoms with Crippen LogP contribution in [0.1, 0.15) is 35.9 Å². The van der Waals surface area contributed by atoms with Crippen molar-refractivity contribution in [3.05, 3.63) is 40.7 Å². The Labute approximate surface area is 128 Å². The summed E-state index contributed by atoms with van der Waals surface area (Å²) in [5.41, 5.74) is 0.815. The van der Waals surface area contributed by atoms with Gasteiger partial charge in [-0.3, -0.25) is 9.48 Å². The maximum atomic E-state index is 12.8. The number of rotatable bonds is 5. The fourth-order valence-electron chi connectivity index (χ4n) is 2.08. The van der Waals surface area contributed by atoms with Crippen LogP contribution in [0.25, 0.3) is 0 Å². The number of aromatic nitrogens is 2. The average molecular weight is 309 g/mol. The van der Waals surface area contributed by atoms with Crippen molar-refractivity contribution in [3.8, 4) is 11.5 Å². The van der Waals surface area contributed by atoms with Gasteiger partial charge in [-0.1, -0.05) is 11.6 Å². The summed E-state index contributed by atoms with van der Waals surface area (Å²) in [6, 6.07) is 4.93. The number of halogens is 1. The standard InChI is InChI=1S/C15H17ClN2O3/c1-9(2)18-14(13(21-4)8-17-18)15(19)11-6-5-10(16)7-12(11)20-3/h5-9H,1-4H3. The van der Waals surface area contributed by atoms with E-state index in [4.69, 9.17) is 21.1 Å². The summed E-state index contributed by atoms with van der Waals surface area (Å²) in [5, 5.41) is 4.72. The molecule has 5 nitrogen and oxygen atoms in total. The molecule has 0 atom stereocenters. The molecule has 0 saturated heterocycles. The number of benzene rings is 1. The molecule has 0 aliphatic rings. The van der Waals surface area contributed by atoms with Crippen molar-refractivity contribution in [1.82, 2.24) is 9.78 Å². The van der Waals surface area contributed by atoms with Crippen molar-refractivity contribution in [1.29, 1.82) is 0 Å². The van der Waals surface area contributed by atoms with Crippen LogP contribution < -0.4 is 9.47 Å². The molecule has 1 heterocycles. The first-order valence-electron chi connectivity index (χ1n) is 6.49. The van der Waals surface area contributed by atoms with Crippen molar-refractivity contribution in [2.75, 3.05) is 14.2 Å². The summed E-state index contributed by atoms with van der Waals surface area (Å²) in [5.74, 6) is 0.642. The summed E-state index contributed by atoms with van der Waals surface area (Å²) < 4.78 is 12.1. The predicted molar refractivity (Wildman–Crippen MR) is 80.6 cm³/mol. The predicted octanol–water partition coefficient (Wildman–Crippen LogP) is 3.37. The molecule has 6 heteroatoms. The number of nitrogens with zero attached hydrogens (tertiary/aromatic N) is 2. The van der Waals surface area contributed by atoms with Crippen LogP contribution in [0.5, 0.6) is 11.5 Å². The average Bonchev–Trinajstić information content (AvgIpc) is 2.90. The molecular weight excluding hydrogens is 292 g/mol. The minimum atomic E-state index is -0.216. The van der Waals surface area contributed by atoms with Crippen LogP contribution in [0.4, 0.5) is 0 Å². The van der Waals surface area contributed by atoms with Crippen LogP contribution in [0.2, 0.25) is 5.02 Å². The largest absolute Gasteiger partial charge is 0.496 e. The van der Waals surface area contributed by atoms with Gasteiger partial charge in [0.1, 0.15) is 5.75 Å². The number of carbonyl (C=O) groups excluding carboxylic acids is 1. The fourth-order valence-corrected chi connectivity index (χ4v) is 2.25. The first kappa shape index (κ1) is 15.4. The van der Waals surface area contributed by atoms with Crippen LogP contribution >= 0.6 is 11.6 Å². The molecule has 2 aromatic rings. The van der Waals surface area contributed by atoms with E-state index in [1.807, 2.05) is 13.8 Å². The van der Waals surface area contributed by atoms with Crippen LogP contribution in [-0.2, 0) is 0 Å². The maximum absolute atomic E-state index is 12.8. The van der Waals surface area contributed by atoms with Crippen molar-refractivity contribution in [2.45, 2.75) is 19.9 Å². The Kier molecular flexibility index (Phi) is 4.53. The monoisotopic (exact) mass is 308 g/mol. The number of methoxy groups -OCH3 is 2. The third-order valence-electron chi connectivity index (χ3n) is 3.09. The molecule has 1 aromatic carbocycles. The fraction of sp³-hybridized carbons (Fsp3) is 0.333. The molecule has 0 N–H and O–H groups in total. The first-order valence-corrected chi connectivity index (χ1v) is 6.87. The van der Waals surface area contributed by atoms with E-state index in [0.29, 0.717) is 27.8 Å². The molecule has 0 unspecified atom stereocenters. The smallest absolute Gasteiger partial charge is 0.218 e. The SMILES string of the molecule is COc1cc(Cl)ccc1C(=O)c1c(OC)cnn1C(C)C. The van der Waals surface area contributed by atoms with E-state index in [2.05, 4.69) is 5.10 Å². The molecule has 0 radical (unpaired) electrons. The number of ether oxygens (including phenoxy) is 2. The maximum Gasteiger partial charge on any atom is 0.218 e. The van der Waals surface area contributed by atoms with Gasteiger partial charge < -0.3 is 9.47 Å². The van der Waals surface area contributed by atoms with E-state index in [1.54, 1.807) is 22.9 Å². The number of hydrogen-bond acceptors (Lipinski definition) is 4. The van der Waals surface area contributed by atoms with Gasteiger partial charge in [-0.25, -0.2) is 0 Å². The van der Waals surface area contributed by atoms with Crippen LogP contribution in [-0.4, -0.2) is 29.8 Å². The molecule has 2 rings (SSSR count). The van der Waals surface area contributed by atoms with E-state index < -0.39 is 0 Å². The highest BCUT2D eigenvalue weighted by Gasteiger charge is 2.24. The zero-order valence-corrected chi connectivity index (χ0v) is 13.1. The van der Waals surface area contributed by atoms with E-state index in [-0.39, 0.29) is 11.8 Å². The van der Waals surface area contributed by atoms with Gasteiger partial charge in [0, 0.05) is 11.1 Å². The molecule has 0 saturated carbocycles. The zero-order chi connectivity index (χ0) is 15.6. The second-order valence-corrected chi connectivity index (χ2v) is 5.21. The number of ketones is 1. The van der Waals surface area contributed by atoms with Crippen LogP contribution in [0, 0.1) is 0 Å². The summed E-state index contributed by atoms with van der Waals surface area (Å²) in [6.07, 6.45) is 1.54. The van der Waals surface area contributed by atoms with Gasteiger partial charge in [-0.05, 0) is 32.0 Å². The van der Waals surface area contributed by atoms with Crippen molar-refractivity contribution in [3.63, 3.8) is 0 Å². The molecule has 112 valence electrons. The Balaban J connectivity index is 2.57. The summed E-state index contributed by atoms with van der Waals surface area (Å²) in [4.78, 5) is 12.8. The molecule has 0 amide bonds. The molecule has 0 bridgehead atoms. The van der Waals surface area contributed by atoms with Crippen molar-refractivity contribution < 1.29 is 14.3 Å². The van der Waals surface area contributed by atoms with E-state index in [9.17, 15) is 4.79 Å². The Morgan fingerprint density at radius 3 is 2.48 bits per heavy atom. The Bertz CT molecular complexity index is 665. The van der Waals surface area contributed by atoms with Crippen LogP contribution in [0.15, 0.2) is 24.4 Å². The van der Waals surface area contributed by atoms with E-state index in [1.165, 1.54) is 20.4 Å².